The first-order valence-electron chi connectivity index (χ1n) is 8.07. The minimum Gasteiger partial charge on any atom is -0.362 e. The highest BCUT2D eigenvalue weighted by atomic mass is 15.2. The van der Waals surface area contributed by atoms with Crippen molar-refractivity contribution in [1.82, 2.24) is 9.97 Å². The molecule has 1 aliphatic rings. The lowest BCUT2D eigenvalue weighted by Gasteiger charge is -2.26. The van der Waals surface area contributed by atoms with Gasteiger partial charge < -0.3 is 16.0 Å². The molecule has 0 amide bonds. The number of hydrogen-bond donors (Lipinski definition) is 2. The molecule has 1 aromatic carbocycles. The van der Waals surface area contributed by atoms with E-state index < -0.39 is 0 Å². The van der Waals surface area contributed by atoms with Crippen LogP contribution in [0.4, 0.5) is 11.8 Å². The summed E-state index contributed by atoms with van der Waals surface area (Å²) in [5.74, 6) is 2.36. The predicted molar refractivity (Wildman–Crippen MR) is 92.3 cm³/mol. The Morgan fingerprint density at radius 1 is 1.14 bits per heavy atom. The van der Waals surface area contributed by atoms with Gasteiger partial charge in [0, 0.05) is 32.1 Å². The number of fused-ring (bicyclic) bond motifs is 1. The van der Waals surface area contributed by atoms with E-state index in [-0.39, 0.29) is 0 Å². The second kappa shape index (κ2) is 6.48. The first-order valence-corrected chi connectivity index (χ1v) is 8.07. The van der Waals surface area contributed by atoms with Crippen LogP contribution in [0.3, 0.4) is 0 Å². The van der Waals surface area contributed by atoms with E-state index in [9.17, 15) is 0 Å². The van der Waals surface area contributed by atoms with Crippen LogP contribution in [0.2, 0.25) is 0 Å². The van der Waals surface area contributed by atoms with Crippen molar-refractivity contribution in [2.75, 3.05) is 30.9 Å². The minimum atomic E-state index is 0.397. The average molecular weight is 299 g/mol. The molecule has 0 unspecified atom stereocenters. The summed E-state index contributed by atoms with van der Waals surface area (Å²) < 4.78 is 0. The van der Waals surface area contributed by atoms with Gasteiger partial charge in [-0.2, -0.15) is 4.98 Å². The molecule has 22 heavy (non-hydrogen) atoms. The molecule has 0 bridgehead atoms. The van der Waals surface area contributed by atoms with Gasteiger partial charge in [-0.15, -0.1) is 0 Å². The lowest BCUT2D eigenvalue weighted by molar-refractivity contribution is 0.338. The van der Waals surface area contributed by atoms with E-state index in [2.05, 4.69) is 21.4 Å². The number of para-hydroxylation sites is 1. The Bertz CT molecular complexity index is 632. The van der Waals surface area contributed by atoms with Crippen LogP contribution in [0.5, 0.6) is 0 Å². The molecule has 0 spiro atoms. The van der Waals surface area contributed by atoms with E-state index in [0.717, 1.165) is 42.1 Å². The molecule has 3 N–H and O–H groups in total. The third kappa shape index (κ3) is 3.30. The molecule has 2 aromatic rings. The number of rotatable bonds is 4. The zero-order chi connectivity index (χ0) is 15.5. The highest BCUT2D eigenvalue weighted by Gasteiger charge is 2.18. The van der Waals surface area contributed by atoms with Crippen LogP contribution in [-0.4, -0.2) is 36.6 Å². The molecular formula is C17H25N5. The largest absolute Gasteiger partial charge is 0.362 e. The Morgan fingerprint density at radius 3 is 2.59 bits per heavy atom. The number of benzene rings is 1. The molecule has 5 heteroatoms. The van der Waals surface area contributed by atoms with Crippen LogP contribution in [0.25, 0.3) is 10.9 Å². The monoisotopic (exact) mass is 299 g/mol. The third-order valence-corrected chi connectivity index (χ3v) is 4.45. The maximum absolute atomic E-state index is 5.97. The van der Waals surface area contributed by atoms with Crippen molar-refractivity contribution < 1.29 is 0 Å². The Morgan fingerprint density at radius 2 is 1.86 bits per heavy atom. The van der Waals surface area contributed by atoms with Crippen molar-refractivity contribution in [2.24, 2.45) is 11.7 Å². The molecule has 0 atom stereocenters. The third-order valence-electron chi connectivity index (χ3n) is 4.45. The van der Waals surface area contributed by atoms with Gasteiger partial charge in [0.25, 0.3) is 0 Å². The van der Waals surface area contributed by atoms with E-state index in [1.807, 2.05) is 37.2 Å². The number of hydrogen-bond acceptors (Lipinski definition) is 5. The summed E-state index contributed by atoms with van der Waals surface area (Å²) in [5.41, 5.74) is 6.95. The van der Waals surface area contributed by atoms with Crippen LogP contribution in [0, 0.1) is 5.92 Å². The first kappa shape index (κ1) is 15.0. The lowest BCUT2D eigenvalue weighted by atomic mass is 9.86. The lowest BCUT2D eigenvalue weighted by Crippen LogP contribution is -2.29. The quantitative estimate of drug-likeness (QED) is 0.908. The van der Waals surface area contributed by atoms with Crippen molar-refractivity contribution >= 4 is 22.7 Å². The van der Waals surface area contributed by atoms with E-state index in [4.69, 9.17) is 5.73 Å². The van der Waals surface area contributed by atoms with Gasteiger partial charge in [0.1, 0.15) is 5.82 Å². The van der Waals surface area contributed by atoms with Crippen molar-refractivity contribution in [3.8, 4) is 0 Å². The van der Waals surface area contributed by atoms with Crippen LogP contribution >= 0.6 is 0 Å². The Kier molecular flexibility index (Phi) is 4.43. The second-order valence-electron chi connectivity index (χ2n) is 6.44. The van der Waals surface area contributed by atoms with Crippen molar-refractivity contribution in [3.05, 3.63) is 24.3 Å². The zero-order valence-electron chi connectivity index (χ0n) is 13.4. The summed E-state index contributed by atoms with van der Waals surface area (Å²) in [6.07, 6.45) is 4.66. The van der Waals surface area contributed by atoms with Gasteiger partial charge in [-0.1, -0.05) is 12.1 Å². The van der Waals surface area contributed by atoms with Crippen molar-refractivity contribution in [1.29, 1.82) is 0 Å². The molecular weight excluding hydrogens is 274 g/mol. The summed E-state index contributed by atoms with van der Waals surface area (Å²) in [4.78, 5) is 11.4. The van der Waals surface area contributed by atoms with Crippen LogP contribution in [0.15, 0.2) is 24.3 Å². The molecule has 5 nitrogen and oxygen atoms in total. The van der Waals surface area contributed by atoms with E-state index in [1.54, 1.807) is 0 Å². The van der Waals surface area contributed by atoms with E-state index >= 15 is 0 Å². The molecule has 0 aliphatic heterocycles. The fourth-order valence-corrected chi connectivity index (χ4v) is 3.11. The second-order valence-corrected chi connectivity index (χ2v) is 6.44. The minimum absolute atomic E-state index is 0.397. The van der Waals surface area contributed by atoms with Gasteiger partial charge in [-0.25, -0.2) is 4.98 Å². The fraction of sp³-hybridized carbons (Fsp3) is 0.529. The van der Waals surface area contributed by atoms with Gasteiger partial charge in [0.15, 0.2) is 0 Å². The van der Waals surface area contributed by atoms with Crippen LogP contribution < -0.4 is 16.0 Å². The summed E-state index contributed by atoms with van der Waals surface area (Å²) in [7, 11) is 4.03. The number of nitrogens with zero attached hydrogens (tertiary/aromatic N) is 3. The van der Waals surface area contributed by atoms with Gasteiger partial charge in [0.2, 0.25) is 5.95 Å². The van der Waals surface area contributed by atoms with Gasteiger partial charge in [-0.3, -0.25) is 0 Å². The molecule has 1 fully saturated rings. The Labute approximate surface area is 131 Å². The highest BCUT2D eigenvalue weighted by molar-refractivity contribution is 5.90. The van der Waals surface area contributed by atoms with E-state index in [0.29, 0.717) is 12.0 Å². The van der Waals surface area contributed by atoms with Gasteiger partial charge >= 0.3 is 0 Å². The number of nitrogens with one attached hydrogen (secondary N) is 1. The predicted octanol–water partition coefficient (Wildman–Crippen LogP) is 2.63. The number of anilines is 2. The zero-order valence-corrected chi connectivity index (χ0v) is 13.4. The molecule has 1 saturated carbocycles. The molecule has 3 rings (SSSR count). The first-order chi connectivity index (χ1) is 10.6. The number of nitrogens with two attached hydrogens (primary N) is 1. The summed E-state index contributed by atoms with van der Waals surface area (Å²) >= 11 is 0. The maximum Gasteiger partial charge on any atom is 0.225 e. The molecule has 1 aromatic heterocycles. The molecule has 118 valence electrons. The summed E-state index contributed by atoms with van der Waals surface area (Å²) in [6, 6.07) is 8.54. The molecule has 0 radical (unpaired) electrons. The topological polar surface area (TPSA) is 67.1 Å². The van der Waals surface area contributed by atoms with E-state index in [1.165, 1.54) is 12.8 Å². The van der Waals surface area contributed by atoms with Crippen LogP contribution in [0.1, 0.15) is 25.7 Å². The smallest absolute Gasteiger partial charge is 0.225 e. The molecule has 1 aliphatic carbocycles. The molecule has 0 saturated heterocycles. The summed E-state index contributed by atoms with van der Waals surface area (Å²) in [5, 5.41) is 4.51. The SMILES string of the molecule is CN(C)c1nc(NCC2CCC(N)CC2)nc2ccccc12. The standard InChI is InChI=1S/C17H25N5/c1-22(2)16-14-5-3-4-6-15(14)20-17(21-16)19-11-12-7-9-13(18)10-8-12/h3-6,12-13H,7-11,18H2,1-2H3,(H,19,20,21). The average Bonchev–Trinajstić information content (AvgIpc) is 2.53. The fourth-order valence-electron chi connectivity index (χ4n) is 3.11. The highest BCUT2D eigenvalue weighted by Crippen LogP contribution is 2.25. The normalized spacial score (nSPS) is 21.8. The van der Waals surface area contributed by atoms with Crippen LogP contribution in [-0.2, 0) is 0 Å². The van der Waals surface area contributed by atoms with Gasteiger partial charge in [0.05, 0.1) is 5.52 Å². The number of aromatic nitrogens is 2. The Balaban J connectivity index is 1.76. The van der Waals surface area contributed by atoms with Gasteiger partial charge in [-0.05, 0) is 43.7 Å². The van der Waals surface area contributed by atoms with Crippen molar-refractivity contribution in [3.63, 3.8) is 0 Å². The Hall–Kier alpha value is -1.88. The van der Waals surface area contributed by atoms with Crippen molar-refractivity contribution in [2.45, 2.75) is 31.7 Å². The maximum atomic E-state index is 5.97. The molecule has 1 heterocycles. The summed E-state index contributed by atoms with van der Waals surface area (Å²) in [6.45, 7) is 0.929.